The smallest absolute Gasteiger partial charge is 0.268 e. The predicted octanol–water partition coefficient (Wildman–Crippen LogP) is 2.74. The van der Waals surface area contributed by atoms with Crippen LogP contribution >= 0.6 is 0 Å². The second-order valence-corrected chi connectivity index (χ2v) is 7.84. The lowest BCUT2D eigenvalue weighted by molar-refractivity contribution is 0.0741. The third kappa shape index (κ3) is 3.38. The maximum Gasteiger partial charge on any atom is 0.268 e. The number of amides is 1. The van der Waals surface area contributed by atoms with Crippen molar-refractivity contribution in [1.29, 1.82) is 0 Å². The minimum atomic E-state index is -0.291. The van der Waals surface area contributed by atoms with Gasteiger partial charge in [0.15, 0.2) is 0 Å². The molecule has 1 amide bonds. The van der Waals surface area contributed by atoms with Crippen molar-refractivity contribution in [2.75, 3.05) is 0 Å². The van der Waals surface area contributed by atoms with E-state index in [-0.39, 0.29) is 12.5 Å². The van der Waals surface area contributed by atoms with Gasteiger partial charge >= 0.3 is 0 Å². The number of benzene rings is 1. The van der Waals surface area contributed by atoms with Crippen molar-refractivity contribution in [2.24, 2.45) is 19.9 Å². The van der Waals surface area contributed by atoms with E-state index in [2.05, 4.69) is 20.2 Å². The van der Waals surface area contributed by atoms with Gasteiger partial charge in [0.25, 0.3) is 5.91 Å². The molecular weight excluding hydrogens is 404 g/mol. The lowest BCUT2D eigenvalue weighted by atomic mass is 10.1. The van der Waals surface area contributed by atoms with Crippen LogP contribution in [0, 0.1) is 6.92 Å². The summed E-state index contributed by atoms with van der Waals surface area (Å²) < 4.78 is 3.56. The number of hydrogen-bond acceptors (Lipinski definition) is 6. The fourth-order valence-electron chi connectivity index (χ4n) is 3.93. The number of fused-ring (bicyclic) bond motifs is 3. The molecule has 0 aliphatic carbocycles. The van der Waals surface area contributed by atoms with Crippen LogP contribution in [0.15, 0.2) is 55.1 Å². The van der Waals surface area contributed by atoms with Crippen LogP contribution < -0.4 is 5.84 Å². The standard InChI is InChI=1S/C23H22N8O/c1-14-20-11-26-21-7-5-15(8-19(21)22(20)30(3)28-14)23(32)31(24)13-18-6-4-16(9-25-18)17-10-27-29(2)12-17/h4-12H,13,24H2,1-3H3. The van der Waals surface area contributed by atoms with Gasteiger partial charge < -0.3 is 0 Å². The molecule has 0 unspecified atom stereocenters. The minimum absolute atomic E-state index is 0.192. The molecule has 9 heteroatoms. The number of carbonyl (C=O) groups is 1. The molecule has 5 aromatic rings. The summed E-state index contributed by atoms with van der Waals surface area (Å²) >= 11 is 0. The molecule has 0 atom stereocenters. The Kier molecular flexibility index (Phi) is 4.67. The van der Waals surface area contributed by atoms with E-state index in [0.717, 1.165) is 38.6 Å². The van der Waals surface area contributed by atoms with Crippen molar-refractivity contribution >= 4 is 27.7 Å². The number of aryl methyl sites for hydroxylation is 3. The van der Waals surface area contributed by atoms with E-state index in [9.17, 15) is 4.79 Å². The SMILES string of the molecule is Cc1nn(C)c2c1cnc1ccc(C(=O)N(N)Cc3ccc(-c4cnn(C)c4)cn3)cc12. The van der Waals surface area contributed by atoms with E-state index in [1.165, 1.54) is 5.01 Å². The van der Waals surface area contributed by atoms with Crippen LogP contribution in [0.5, 0.6) is 0 Å². The molecule has 0 radical (unpaired) electrons. The average Bonchev–Trinajstić information content (AvgIpc) is 3.36. The van der Waals surface area contributed by atoms with Crippen LogP contribution in [-0.2, 0) is 20.6 Å². The first-order valence-corrected chi connectivity index (χ1v) is 10.1. The van der Waals surface area contributed by atoms with E-state index in [0.29, 0.717) is 11.3 Å². The van der Waals surface area contributed by atoms with Gasteiger partial charge in [-0.15, -0.1) is 0 Å². The van der Waals surface area contributed by atoms with E-state index >= 15 is 0 Å². The van der Waals surface area contributed by atoms with Crippen LogP contribution in [0.25, 0.3) is 32.9 Å². The number of pyridine rings is 2. The molecule has 0 aliphatic heterocycles. The fraction of sp³-hybridized carbons (Fsp3) is 0.174. The normalized spacial score (nSPS) is 11.4. The van der Waals surface area contributed by atoms with Gasteiger partial charge in [-0.2, -0.15) is 10.2 Å². The zero-order valence-electron chi connectivity index (χ0n) is 18.0. The second kappa shape index (κ2) is 7.54. The largest absolute Gasteiger partial charge is 0.275 e. The van der Waals surface area contributed by atoms with Gasteiger partial charge in [0.05, 0.1) is 35.2 Å². The minimum Gasteiger partial charge on any atom is -0.275 e. The molecule has 0 aliphatic rings. The van der Waals surface area contributed by atoms with E-state index in [4.69, 9.17) is 5.84 Å². The summed E-state index contributed by atoms with van der Waals surface area (Å²) in [6.07, 6.45) is 7.28. The molecule has 2 N–H and O–H groups in total. The molecular formula is C23H22N8O. The number of nitrogens with zero attached hydrogens (tertiary/aromatic N) is 7. The molecule has 0 saturated heterocycles. The first-order valence-electron chi connectivity index (χ1n) is 10.1. The van der Waals surface area contributed by atoms with Crippen molar-refractivity contribution in [3.8, 4) is 11.1 Å². The highest BCUT2D eigenvalue weighted by Gasteiger charge is 2.17. The van der Waals surface area contributed by atoms with Crippen LogP contribution in [0.4, 0.5) is 0 Å². The van der Waals surface area contributed by atoms with Gasteiger partial charge in [-0.3, -0.25) is 29.1 Å². The van der Waals surface area contributed by atoms with E-state index in [1.807, 2.05) is 62.4 Å². The number of nitrogens with two attached hydrogens (primary N) is 1. The number of hydrazine groups is 1. The quantitative estimate of drug-likeness (QED) is 0.269. The van der Waals surface area contributed by atoms with E-state index < -0.39 is 0 Å². The highest BCUT2D eigenvalue weighted by atomic mass is 16.2. The number of aromatic nitrogens is 6. The molecule has 0 bridgehead atoms. The molecule has 1 aromatic carbocycles. The topological polar surface area (TPSA) is 108 Å². The van der Waals surface area contributed by atoms with Gasteiger partial charge in [-0.25, -0.2) is 5.84 Å². The summed E-state index contributed by atoms with van der Waals surface area (Å²) in [7, 11) is 3.76. The molecule has 32 heavy (non-hydrogen) atoms. The predicted molar refractivity (Wildman–Crippen MR) is 121 cm³/mol. The van der Waals surface area contributed by atoms with Gasteiger partial charge in [0.2, 0.25) is 0 Å². The average molecular weight is 426 g/mol. The number of carbonyl (C=O) groups excluding carboxylic acids is 1. The number of rotatable bonds is 4. The zero-order valence-corrected chi connectivity index (χ0v) is 18.0. The summed E-state index contributed by atoms with van der Waals surface area (Å²) in [4.78, 5) is 22.0. The van der Waals surface area contributed by atoms with Crippen LogP contribution in [-0.4, -0.2) is 40.4 Å². The Bertz CT molecular complexity index is 1470. The summed E-state index contributed by atoms with van der Waals surface area (Å²) in [5, 5.41) is 11.7. The summed E-state index contributed by atoms with van der Waals surface area (Å²) in [5.74, 6) is 5.83. The molecule has 4 aromatic heterocycles. The van der Waals surface area contributed by atoms with Crippen molar-refractivity contribution in [3.63, 3.8) is 0 Å². The van der Waals surface area contributed by atoms with Gasteiger partial charge in [-0.1, -0.05) is 6.07 Å². The Morgan fingerprint density at radius 1 is 1.03 bits per heavy atom. The third-order valence-electron chi connectivity index (χ3n) is 5.56. The molecule has 160 valence electrons. The molecule has 0 fully saturated rings. The van der Waals surface area contributed by atoms with Gasteiger partial charge in [0.1, 0.15) is 0 Å². The van der Waals surface area contributed by atoms with Crippen molar-refractivity contribution in [2.45, 2.75) is 13.5 Å². The van der Waals surface area contributed by atoms with E-state index in [1.54, 1.807) is 23.1 Å². The third-order valence-corrected chi connectivity index (χ3v) is 5.56. The van der Waals surface area contributed by atoms with Crippen molar-refractivity contribution in [3.05, 3.63) is 72.1 Å². The molecule has 0 spiro atoms. The molecule has 9 nitrogen and oxygen atoms in total. The highest BCUT2D eigenvalue weighted by Crippen LogP contribution is 2.26. The van der Waals surface area contributed by atoms with Crippen LogP contribution in [0.1, 0.15) is 21.7 Å². The summed E-state index contributed by atoms with van der Waals surface area (Å²) in [5.41, 5.74) is 5.75. The van der Waals surface area contributed by atoms with Crippen molar-refractivity contribution in [1.82, 2.24) is 34.5 Å². The molecule has 4 heterocycles. The van der Waals surface area contributed by atoms with Gasteiger partial charge in [-0.05, 0) is 31.2 Å². The fourth-order valence-corrected chi connectivity index (χ4v) is 3.93. The Morgan fingerprint density at radius 3 is 2.59 bits per heavy atom. The Morgan fingerprint density at radius 2 is 1.88 bits per heavy atom. The highest BCUT2D eigenvalue weighted by molar-refractivity contribution is 6.07. The lowest BCUT2D eigenvalue weighted by Crippen LogP contribution is -2.37. The van der Waals surface area contributed by atoms with Crippen LogP contribution in [0.2, 0.25) is 0 Å². The van der Waals surface area contributed by atoms with Gasteiger partial charge in [0, 0.05) is 60.1 Å². The number of hydrogen-bond donors (Lipinski definition) is 1. The Hall–Kier alpha value is -4.11. The molecule has 5 rings (SSSR count). The maximum atomic E-state index is 13.0. The first-order chi connectivity index (χ1) is 15.4. The molecule has 0 saturated carbocycles. The van der Waals surface area contributed by atoms with Crippen molar-refractivity contribution < 1.29 is 4.79 Å². The maximum absolute atomic E-state index is 13.0. The Balaban J connectivity index is 1.40. The summed E-state index contributed by atoms with van der Waals surface area (Å²) in [6, 6.07) is 9.21. The summed E-state index contributed by atoms with van der Waals surface area (Å²) in [6.45, 7) is 2.14. The zero-order chi connectivity index (χ0) is 22.4. The second-order valence-electron chi connectivity index (χ2n) is 7.84. The van der Waals surface area contributed by atoms with Crippen LogP contribution in [0.3, 0.4) is 0 Å². The monoisotopic (exact) mass is 426 g/mol. The lowest BCUT2D eigenvalue weighted by Gasteiger charge is -2.17. The first kappa shape index (κ1) is 19.8. The Labute approximate surface area is 184 Å².